The van der Waals surface area contributed by atoms with Crippen LogP contribution in [0.25, 0.3) is 6.08 Å². The van der Waals surface area contributed by atoms with Crippen molar-refractivity contribution < 1.29 is 9.31 Å². The second-order valence-corrected chi connectivity index (χ2v) is 5.74. The minimum atomic E-state index is -0.308. The fraction of sp³-hybridized carbons (Fsp3) is 0.500. The summed E-state index contributed by atoms with van der Waals surface area (Å²) in [6, 6.07) is 4.01. The first kappa shape index (κ1) is 13.3. The zero-order chi connectivity index (χ0) is 13.4. The minimum Gasteiger partial charge on any atom is -0.400 e. The molecule has 0 saturated carbocycles. The Balaban J connectivity index is 2.08. The van der Waals surface area contributed by atoms with Crippen LogP contribution in [-0.4, -0.2) is 23.3 Å². The zero-order valence-corrected chi connectivity index (χ0v) is 11.7. The quantitative estimate of drug-likeness (QED) is 0.750. The van der Waals surface area contributed by atoms with Gasteiger partial charge in [-0.05, 0) is 58.4 Å². The fourth-order valence-electron chi connectivity index (χ4n) is 1.80. The Morgan fingerprint density at radius 3 is 2.33 bits per heavy atom. The number of pyridine rings is 1. The molecule has 0 atom stereocenters. The maximum Gasteiger partial charge on any atom is 0.487 e. The molecule has 1 aliphatic heterocycles. The molecule has 0 radical (unpaired) electrons. The van der Waals surface area contributed by atoms with E-state index in [1.807, 2.05) is 58.8 Å². The van der Waals surface area contributed by atoms with Gasteiger partial charge >= 0.3 is 7.12 Å². The van der Waals surface area contributed by atoms with Crippen molar-refractivity contribution in [2.75, 3.05) is 0 Å². The smallest absolute Gasteiger partial charge is 0.400 e. The van der Waals surface area contributed by atoms with Gasteiger partial charge in [-0.15, -0.1) is 0 Å². The van der Waals surface area contributed by atoms with Gasteiger partial charge in [0, 0.05) is 6.20 Å². The molecule has 0 unspecified atom stereocenters. The summed E-state index contributed by atoms with van der Waals surface area (Å²) in [5, 5.41) is 0. The van der Waals surface area contributed by atoms with E-state index in [1.165, 1.54) is 5.56 Å². The fourth-order valence-corrected chi connectivity index (χ4v) is 1.80. The van der Waals surface area contributed by atoms with E-state index in [0.717, 1.165) is 5.69 Å². The van der Waals surface area contributed by atoms with Crippen molar-refractivity contribution in [2.24, 2.45) is 0 Å². The van der Waals surface area contributed by atoms with E-state index < -0.39 is 0 Å². The number of hydrogen-bond donors (Lipinski definition) is 0. The van der Waals surface area contributed by atoms with E-state index in [0.29, 0.717) is 0 Å². The van der Waals surface area contributed by atoms with E-state index in [-0.39, 0.29) is 18.3 Å². The van der Waals surface area contributed by atoms with Crippen molar-refractivity contribution >= 4 is 13.2 Å². The average Bonchev–Trinajstić information content (AvgIpc) is 2.45. The van der Waals surface area contributed by atoms with Gasteiger partial charge in [-0.2, -0.15) is 0 Å². The first-order valence-corrected chi connectivity index (χ1v) is 6.27. The van der Waals surface area contributed by atoms with Gasteiger partial charge in [-0.1, -0.05) is 5.98 Å². The number of hydrogen-bond acceptors (Lipinski definition) is 3. The summed E-state index contributed by atoms with van der Waals surface area (Å²) in [5.41, 5.74) is 1.53. The Bertz CT molecular complexity index is 453. The van der Waals surface area contributed by atoms with Crippen LogP contribution in [0.15, 0.2) is 24.3 Å². The molecule has 0 aliphatic carbocycles. The van der Waals surface area contributed by atoms with E-state index >= 15 is 0 Å². The van der Waals surface area contributed by atoms with Crippen molar-refractivity contribution in [3.05, 3.63) is 35.6 Å². The normalized spacial score (nSPS) is 21.7. The van der Waals surface area contributed by atoms with Crippen molar-refractivity contribution in [1.82, 2.24) is 4.98 Å². The van der Waals surface area contributed by atoms with Crippen LogP contribution in [-0.2, 0) is 9.31 Å². The molecular formula is C14H20BNO2. The van der Waals surface area contributed by atoms with Gasteiger partial charge in [0.2, 0.25) is 0 Å². The van der Waals surface area contributed by atoms with E-state index in [4.69, 9.17) is 9.31 Å². The van der Waals surface area contributed by atoms with Crippen molar-refractivity contribution in [1.29, 1.82) is 0 Å². The average molecular weight is 245 g/mol. The molecular weight excluding hydrogens is 225 g/mol. The first-order chi connectivity index (χ1) is 8.30. The lowest BCUT2D eigenvalue weighted by molar-refractivity contribution is 0.00578. The molecule has 0 bridgehead atoms. The molecule has 3 nitrogen and oxygen atoms in total. The summed E-state index contributed by atoms with van der Waals surface area (Å²) in [4.78, 5) is 4.28. The van der Waals surface area contributed by atoms with Crippen LogP contribution >= 0.6 is 0 Å². The second-order valence-electron chi connectivity index (χ2n) is 5.74. The summed E-state index contributed by atoms with van der Waals surface area (Å²) < 4.78 is 11.8. The van der Waals surface area contributed by atoms with Gasteiger partial charge in [0.05, 0.1) is 16.9 Å². The highest BCUT2D eigenvalue weighted by Crippen LogP contribution is 2.36. The number of rotatable bonds is 2. The van der Waals surface area contributed by atoms with Gasteiger partial charge in [0.1, 0.15) is 0 Å². The lowest BCUT2D eigenvalue weighted by Gasteiger charge is -2.32. The van der Waals surface area contributed by atoms with E-state index in [2.05, 4.69) is 4.98 Å². The van der Waals surface area contributed by atoms with Crippen LogP contribution in [0, 0.1) is 6.92 Å². The number of aromatic nitrogens is 1. The van der Waals surface area contributed by atoms with E-state index in [9.17, 15) is 0 Å². The van der Waals surface area contributed by atoms with Gasteiger partial charge in [-0.25, -0.2) is 0 Å². The molecule has 1 fully saturated rings. The summed E-state index contributed by atoms with van der Waals surface area (Å²) in [6.45, 7) is 10.2. The molecule has 0 N–H and O–H groups in total. The Hall–Kier alpha value is -1.13. The van der Waals surface area contributed by atoms with Gasteiger partial charge in [-0.3, -0.25) is 4.98 Å². The van der Waals surface area contributed by atoms with Crippen LogP contribution in [0.3, 0.4) is 0 Å². The zero-order valence-electron chi connectivity index (χ0n) is 11.7. The third-order valence-electron chi connectivity index (χ3n) is 3.63. The Morgan fingerprint density at radius 2 is 1.78 bits per heavy atom. The minimum absolute atomic E-state index is 0.290. The van der Waals surface area contributed by atoms with Gasteiger partial charge in [0.15, 0.2) is 0 Å². The monoisotopic (exact) mass is 245 g/mol. The molecule has 18 heavy (non-hydrogen) atoms. The van der Waals surface area contributed by atoms with Crippen LogP contribution in [0.2, 0.25) is 0 Å². The van der Waals surface area contributed by atoms with Crippen molar-refractivity contribution in [3.8, 4) is 0 Å². The lowest BCUT2D eigenvalue weighted by Crippen LogP contribution is -2.41. The Kier molecular flexibility index (Phi) is 3.34. The lowest BCUT2D eigenvalue weighted by atomic mass is 9.89. The molecule has 4 heteroatoms. The molecule has 96 valence electrons. The molecule has 1 aliphatic rings. The Labute approximate surface area is 109 Å². The molecule has 1 aromatic heterocycles. The highest BCUT2D eigenvalue weighted by atomic mass is 16.7. The summed E-state index contributed by atoms with van der Waals surface area (Å²) in [6.07, 6.45) is 3.74. The molecule has 2 heterocycles. The highest BCUT2D eigenvalue weighted by Gasteiger charge is 2.49. The van der Waals surface area contributed by atoms with Gasteiger partial charge in [0.25, 0.3) is 0 Å². The standard InChI is InChI=1S/C14H20BNO2/c1-11-7-9-16-12(10-11)6-8-15-17-13(2,3)14(4,5)18-15/h6-10H,1-5H3/b8-6+. The largest absolute Gasteiger partial charge is 0.487 e. The van der Waals surface area contributed by atoms with Crippen LogP contribution in [0.4, 0.5) is 0 Å². The number of nitrogens with zero attached hydrogens (tertiary/aromatic N) is 1. The third kappa shape index (κ3) is 2.65. The topological polar surface area (TPSA) is 31.4 Å². The molecule has 1 saturated heterocycles. The molecule has 2 rings (SSSR count). The molecule has 1 aromatic rings. The van der Waals surface area contributed by atoms with Crippen LogP contribution in [0.1, 0.15) is 39.0 Å². The number of aryl methyl sites for hydroxylation is 1. The molecule has 0 aromatic carbocycles. The maximum absolute atomic E-state index is 5.88. The summed E-state index contributed by atoms with van der Waals surface area (Å²) in [5.74, 6) is 1.91. The highest BCUT2D eigenvalue weighted by molar-refractivity contribution is 6.52. The van der Waals surface area contributed by atoms with Crippen molar-refractivity contribution in [2.45, 2.75) is 45.8 Å². The first-order valence-electron chi connectivity index (χ1n) is 6.27. The second kappa shape index (κ2) is 4.52. The third-order valence-corrected chi connectivity index (χ3v) is 3.63. The summed E-state index contributed by atoms with van der Waals surface area (Å²) in [7, 11) is -0.308. The molecule has 0 amide bonds. The predicted molar refractivity (Wildman–Crippen MR) is 74.1 cm³/mol. The van der Waals surface area contributed by atoms with Crippen LogP contribution < -0.4 is 0 Å². The van der Waals surface area contributed by atoms with Gasteiger partial charge < -0.3 is 9.31 Å². The summed E-state index contributed by atoms with van der Waals surface area (Å²) >= 11 is 0. The van der Waals surface area contributed by atoms with Crippen LogP contribution in [0.5, 0.6) is 0 Å². The predicted octanol–water partition coefficient (Wildman–Crippen LogP) is 3.03. The SMILES string of the molecule is Cc1ccnc(/C=C/B2OC(C)(C)C(C)(C)O2)c1. The molecule has 0 spiro atoms. The van der Waals surface area contributed by atoms with Crippen molar-refractivity contribution in [3.63, 3.8) is 0 Å². The maximum atomic E-state index is 5.88. The Morgan fingerprint density at radius 1 is 1.17 bits per heavy atom. The van der Waals surface area contributed by atoms with E-state index in [1.54, 1.807) is 6.20 Å².